The molecule has 3 aromatic rings. The standard InChI is InChI=1S/C21H23N3O2S2/c1-14-19(28-21(22-14)15-8-10-27-13-15)20(25)23-16-5-4-9-24(12-16)17-6-3-7-18(11-17)26-2/h3,6-8,10-11,13,16H,4-5,9,12H2,1-2H3,(H,23,25). The predicted octanol–water partition coefficient (Wildman–Crippen LogP) is 4.59. The predicted molar refractivity (Wildman–Crippen MR) is 116 cm³/mol. The third-order valence-corrected chi connectivity index (χ3v) is 6.83. The maximum atomic E-state index is 12.9. The topological polar surface area (TPSA) is 54.5 Å². The molecule has 3 heterocycles. The molecule has 0 radical (unpaired) electrons. The number of thiophene rings is 1. The lowest BCUT2D eigenvalue weighted by Gasteiger charge is -2.34. The number of aryl methyl sites for hydroxylation is 1. The van der Waals surface area contributed by atoms with Gasteiger partial charge in [0.05, 0.1) is 12.8 Å². The number of rotatable bonds is 5. The molecule has 1 aromatic carbocycles. The van der Waals surface area contributed by atoms with Crippen molar-refractivity contribution in [1.82, 2.24) is 10.3 Å². The van der Waals surface area contributed by atoms with Crippen molar-refractivity contribution in [2.24, 2.45) is 0 Å². The largest absolute Gasteiger partial charge is 0.497 e. The van der Waals surface area contributed by atoms with Crippen LogP contribution in [-0.2, 0) is 0 Å². The second-order valence-electron chi connectivity index (χ2n) is 6.91. The normalized spacial score (nSPS) is 16.8. The van der Waals surface area contributed by atoms with Gasteiger partial charge < -0.3 is 15.0 Å². The van der Waals surface area contributed by atoms with Gasteiger partial charge in [-0.15, -0.1) is 11.3 Å². The van der Waals surface area contributed by atoms with Crippen molar-refractivity contribution in [1.29, 1.82) is 0 Å². The minimum absolute atomic E-state index is 0.0195. The fourth-order valence-corrected chi connectivity index (χ4v) is 5.19. The van der Waals surface area contributed by atoms with Gasteiger partial charge in [-0.2, -0.15) is 11.3 Å². The number of hydrogen-bond donors (Lipinski definition) is 1. The molecule has 1 atom stereocenters. The van der Waals surface area contributed by atoms with Crippen LogP contribution < -0.4 is 15.0 Å². The van der Waals surface area contributed by atoms with E-state index in [1.807, 2.05) is 36.6 Å². The second kappa shape index (κ2) is 8.32. The molecular weight excluding hydrogens is 390 g/mol. The number of nitrogens with one attached hydrogen (secondary N) is 1. The summed E-state index contributed by atoms with van der Waals surface area (Å²) in [6.45, 7) is 3.69. The molecule has 0 saturated carbocycles. The number of aromatic nitrogens is 1. The van der Waals surface area contributed by atoms with Crippen LogP contribution in [0.4, 0.5) is 5.69 Å². The highest BCUT2D eigenvalue weighted by Crippen LogP contribution is 2.30. The first-order chi connectivity index (χ1) is 13.6. The van der Waals surface area contributed by atoms with E-state index in [1.165, 1.54) is 11.3 Å². The minimum atomic E-state index is -0.0195. The number of nitrogens with zero attached hydrogens (tertiary/aromatic N) is 2. The van der Waals surface area contributed by atoms with Crippen molar-refractivity contribution in [3.8, 4) is 16.3 Å². The van der Waals surface area contributed by atoms with Gasteiger partial charge >= 0.3 is 0 Å². The summed E-state index contributed by atoms with van der Waals surface area (Å²) < 4.78 is 5.34. The van der Waals surface area contributed by atoms with Crippen LogP contribution in [-0.4, -0.2) is 37.1 Å². The Morgan fingerprint density at radius 3 is 3.04 bits per heavy atom. The molecule has 1 aliphatic heterocycles. The smallest absolute Gasteiger partial charge is 0.263 e. The summed E-state index contributed by atoms with van der Waals surface area (Å²) in [7, 11) is 1.68. The van der Waals surface area contributed by atoms with Crippen molar-refractivity contribution in [2.75, 3.05) is 25.1 Å². The van der Waals surface area contributed by atoms with Crippen LogP contribution >= 0.6 is 22.7 Å². The van der Waals surface area contributed by atoms with Gasteiger partial charge in [0.25, 0.3) is 5.91 Å². The number of methoxy groups -OCH3 is 1. The molecule has 1 N–H and O–H groups in total. The van der Waals surface area contributed by atoms with Gasteiger partial charge in [0.2, 0.25) is 0 Å². The highest BCUT2D eigenvalue weighted by molar-refractivity contribution is 7.17. The first kappa shape index (κ1) is 19.0. The minimum Gasteiger partial charge on any atom is -0.497 e. The number of hydrogen-bond acceptors (Lipinski definition) is 6. The third-order valence-electron chi connectivity index (χ3n) is 4.95. The van der Waals surface area contributed by atoms with Crippen LogP contribution in [0.25, 0.3) is 10.6 Å². The van der Waals surface area contributed by atoms with Crippen molar-refractivity contribution in [3.63, 3.8) is 0 Å². The Hall–Kier alpha value is -2.38. The molecular formula is C21H23N3O2S2. The average molecular weight is 414 g/mol. The number of amides is 1. The lowest BCUT2D eigenvalue weighted by atomic mass is 10.0. The molecule has 1 aliphatic rings. The van der Waals surface area contributed by atoms with Crippen LogP contribution in [0.3, 0.4) is 0 Å². The number of carbonyl (C=O) groups excluding carboxylic acids is 1. The summed E-state index contributed by atoms with van der Waals surface area (Å²) in [5.74, 6) is 0.832. The van der Waals surface area contributed by atoms with E-state index in [0.717, 1.165) is 53.6 Å². The molecule has 5 nitrogen and oxygen atoms in total. The van der Waals surface area contributed by atoms with E-state index in [9.17, 15) is 4.79 Å². The average Bonchev–Trinajstić information content (AvgIpc) is 3.38. The van der Waals surface area contributed by atoms with Crippen molar-refractivity contribution >= 4 is 34.3 Å². The number of thiazole rings is 1. The highest BCUT2D eigenvalue weighted by atomic mass is 32.1. The van der Waals surface area contributed by atoms with Gasteiger partial charge in [-0.05, 0) is 43.3 Å². The van der Waals surface area contributed by atoms with E-state index in [4.69, 9.17) is 4.74 Å². The zero-order chi connectivity index (χ0) is 19.5. The zero-order valence-electron chi connectivity index (χ0n) is 16.0. The van der Waals surface area contributed by atoms with Crippen LogP contribution in [0.1, 0.15) is 28.2 Å². The molecule has 146 valence electrons. The van der Waals surface area contributed by atoms with E-state index in [0.29, 0.717) is 4.88 Å². The SMILES string of the molecule is COc1cccc(N2CCCC(NC(=O)c3sc(-c4ccsc4)nc3C)C2)c1. The monoisotopic (exact) mass is 413 g/mol. The summed E-state index contributed by atoms with van der Waals surface area (Å²) in [6, 6.07) is 10.3. The number of carbonyl (C=O) groups is 1. The zero-order valence-corrected chi connectivity index (χ0v) is 17.6. The van der Waals surface area contributed by atoms with Gasteiger partial charge in [0.15, 0.2) is 0 Å². The molecule has 2 aromatic heterocycles. The molecule has 0 spiro atoms. The van der Waals surface area contributed by atoms with E-state index < -0.39 is 0 Å². The summed E-state index contributed by atoms with van der Waals surface area (Å²) in [4.78, 5) is 20.5. The lowest BCUT2D eigenvalue weighted by Crippen LogP contribution is -2.47. The van der Waals surface area contributed by atoms with E-state index in [2.05, 4.69) is 26.6 Å². The fraction of sp³-hybridized carbons (Fsp3) is 0.333. The van der Waals surface area contributed by atoms with E-state index >= 15 is 0 Å². The van der Waals surface area contributed by atoms with Crippen LogP contribution in [0.2, 0.25) is 0 Å². The summed E-state index contributed by atoms with van der Waals surface area (Å²) in [6.07, 6.45) is 2.03. The number of benzene rings is 1. The number of piperidine rings is 1. The number of ether oxygens (including phenoxy) is 1. The third kappa shape index (κ3) is 4.05. The molecule has 28 heavy (non-hydrogen) atoms. The molecule has 4 rings (SSSR count). The molecule has 0 aliphatic carbocycles. The van der Waals surface area contributed by atoms with E-state index in [-0.39, 0.29) is 11.9 Å². The quantitative estimate of drug-likeness (QED) is 0.665. The van der Waals surface area contributed by atoms with Gasteiger partial charge in [0.1, 0.15) is 15.6 Å². The Morgan fingerprint density at radius 1 is 1.36 bits per heavy atom. The first-order valence-corrected chi connectivity index (χ1v) is 11.1. The summed E-state index contributed by atoms with van der Waals surface area (Å²) in [5, 5.41) is 8.22. The number of anilines is 1. The Labute approximate surface area is 173 Å². The van der Waals surface area contributed by atoms with Crippen molar-refractivity contribution < 1.29 is 9.53 Å². The molecule has 1 saturated heterocycles. The Balaban J connectivity index is 1.44. The van der Waals surface area contributed by atoms with Crippen molar-refractivity contribution in [2.45, 2.75) is 25.8 Å². The van der Waals surface area contributed by atoms with Gasteiger partial charge in [0, 0.05) is 41.8 Å². The molecule has 1 fully saturated rings. The van der Waals surface area contributed by atoms with Gasteiger partial charge in [-0.25, -0.2) is 4.98 Å². The Bertz CT molecular complexity index is 952. The van der Waals surface area contributed by atoms with E-state index in [1.54, 1.807) is 18.4 Å². The van der Waals surface area contributed by atoms with Crippen molar-refractivity contribution in [3.05, 3.63) is 51.7 Å². The fourth-order valence-electron chi connectivity index (χ4n) is 3.50. The molecule has 1 amide bonds. The second-order valence-corrected chi connectivity index (χ2v) is 8.68. The highest BCUT2D eigenvalue weighted by Gasteiger charge is 2.24. The van der Waals surface area contributed by atoms with Gasteiger partial charge in [-0.1, -0.05) is 6.07 Å². The Kier molecular flexibility index (Phi) is 5.64. The van der Waals surface area contributed by atoms with Crippen LogP contribution in [0, 0.1) is 6.92 Å². The molecule has 0 bridgehead atoms. The summed E-state index contributed by atoms with van der Waals surface area (Å²) >= 11 is 3.11. The maximum Gasteiger partial charge on any atom is 0.263 e. The summed E-state index contributed by atoms with van der Waals surface area (Å²) in [5.41, 5.74) is 3.01. The van der Waals surface area contributed by atoms with Gasteiger partial charge in [-0.3, -0.25) is 4.79 Å². The van der Waals surface area contributed by atoms with Crippen LogP contribution in [0.15, 0.2) is 41.1 Å². The van der Waals surface area contributed by atoms with Crippen LogP contribution in [0.5, 0.6) is 5.75 Å². The lowest BCUT2D eigenvalue weighted by molar-refractivity contribution is 0.0936. The first-order valence-electron chi connectivity index (χ1n) is 9.34. The molecule has 1 unspecified atom stereocenters. The molecule has 7 heteroatoms. The maximum absolute atomic E-state index is 12.9. The Morgan fingerprint density at radius 2 is 2.25 bits per heavy atom.